The van der Waals surface area contributed by atoms with E-state index in [1.54, 1.807) is 29.2 Å². The van der Waals surface area contributed by atoms with Gasteiger partial charge in [0, 0.05) is 31.7 Å². The number of hydrogen-bond acceptors (Lipinski definition) is 5. The Morgan fingerprint density at radius 1 is 1.07 bits per heavy atom. The zero-order valence-electron chi connectivity index (χ0n) is 16.1. The number of carbonyl (C=O) groups is 2. The number of halogens is 3. The highest BCUT2D eigenvalue weighted by molar-refractivity contribution is 7.89. The maximum Gasteiger partial charge on any atom is 0.405 e. The first-order chi connectivity index (χ1) is 13.4. The number of nitrogens with zero attached hydrogens (tertiary/aromatic N) is 3. The van der Waals surface area contributed by atoms with E-state index in [1.165, 1.54) is 16.4 Å². The van der Waals surface area contributed by atoms with Gasteiger partial charge in [-0.15, -0.1) is 0 Å². The van der Waals surface area contributed by atoms with Gasteiger partial charge in [-0.3, -0.25) is 9.59 Å². The Kier molecular flexibility index (Phi) is 7.25. The molecule has 12 heteroatoms. The molecule has 1 heterocycles. The van der Waals surface area contributed by atoms with Crippen molar-refractivity contribution in [2.75, 3.05) is 53.4 Å². The number of amides is 2. The monoisotopic (exact) mass is 436 g/mol. The molecular weight excluding hydrogens is 413 g/mol. The van der Waals surface area contributed by atoms with Crippen molar-refractivity contribution < 1.29 is 31.2 Å². The van der Waals surface area contributed by atoms with Crippen LogP contribution in [0.1, 0.15) is 10.4 Å². The van der Waals surface area contributed by atoms with Gasteiger partial charge in [-0.1, -0.05) is 0 Å². The number of likely N-dealkylation sites (N-methyl/N-ethyl adjacent to an activating group) is 1. The largest absolute Gasteiger partial charge is 0.405 e. The summed E-state index contributed by atoms with van der Waals surface area (Å²) in [6.07, 6.45) is -4.53. The van der Waals surface area contributed by atoms with E-state index in [1.807, 2.05) is 0 Å². The molecule has 0 bridgehead atoms. The van der Waals surface area contributed by atoms with Crippen molar-refractivity contribution in [3.05, 3.63) is 29.8 Å². The van der Waals surface area contributed by atoms with E-state index in [-0.39, 0.29) is 49.1 Å². The smallest absolute Gasteiger partial charge is 0.343 e. The Hall–Kier alpha value is -2.18. The van der Waals surface area contributed by atoms with Gasteiger partial charge in [0.2, 0.25) is 15.9 Å². The lowest BCUT2D eigenvalue weighted by Crippen LogP contribution is -2.52. The zero-order valence-corrected chi connectivity index (χ0v) is 16.9. The van der Waals surface area contributed by atoms with Crippen molar-refractivity contribution in [2.24, 2.45) is 0 Å². The SMILES string of the molecule is CN(C)CC(=O)N1CCN(S(=O)(=O)c2ccc(C(=O)NCC(F)(F)F)cc2)CC1. The Balaban J connectivity index is 1.99. The Morgan fingerprint density at radius 3 is 2.10 bits per heavy atom. The van der Waals surface area contributed by atoms with Crippen LogP contribution in [0.3, 0.4) is 0 Å². The minimum Gasteiger partial charge on any atom is -0.343 e. The van der Waals surface area contributed by atoms with E-state index < -0.39 is 28.7 Å². The van der Waals surface area contributed by atoms with E-state index in [9.17, 15) is 31.2 Å². The Morgan fingerprint density at radius 2 is 1.62 bits per heavy atom. The molecule has 1 aromatic rings. The van der Waals surface area contributed by atoms with Crippen molar-refractivity contribution in [3.8, 4) is 0 Å². The summed E-state index contributed by atoms with van der Waals surface area (Å²) in [4.78, 5) is 27.0. The Bertz CT molecular complexity index is 833. The number of benzene rings is 1. The maximum atomic E-state index is 12.7. The molecule has 0 radical (unpaired) electrons. The molecule has 8 nitrogen and oxygen atoms in total. The van der Waals surface area contributed by atoms with Crippen LogP contribution in [0.25, 0.3) is 0 Å². The van der Waals surface area contributed by atoms with Gasteiger partial charge >= 0.3 is 6.18 Å². The summed E-state index contributed by atoms with van der Waals surface area (Å²) in [5, 5.41) is 1.72. The van der Waals surface area contributed by atoms with E-state index in [4.69, 9.17) is 0 Å². The van der Waals surface area contributed by atoms with Crippen molar-refractivity contribution in [1.29, 1.82) is 0 Å². The van der Waals surface area contributed by atoms with Gasteiger partial charge in [-0.05, 0) is 38.4 Å². The van der Waals surface area contributed by atoms with Gasteiger partial charge in [-0.2, -0.15) is 17.5 Å². The highest BCUT2D eigenvalue weighted by atomic mass is 32.2. The number of hydrogen-bond donors (Lipinski definition) is 1. The van der Waals surface area contributed by atoms with E-state index >= 15 is 0 Å². The van der Waals surface area contributed by atoms with E-state index in [2.05, 4.69) is 0 Å². The molecule has 2 rings (SSSR count). The number of rotatable bonds is 6. The molecule has 0 spiro atoms. The fraction of sp³-hybridized carbons (Fsp3) is 0.529. The predicted octanol–water partition coefficient (Wildman–Crippen LogP) is 0.373. The van der Waals surface area contributed by atoms with Crippen molar-refractivity contribution in [3.63, 3.8) is 0 Å². The third kappa shape index (κ3) is 6.41. The minimum atomic E-state index is -4.53. The summed E-state index contributed by atoms with van der Waals surface area (Å²) in [5.74, 6) is -1.03. The average molecular weight is 436 g/mol. The molecule has 1 aliphatic rings. The van der Waals surface area contributed by atoms with Crippen LogP contribution in [0.4, 0.5) is 13.2 Å². The van der Waals surface area contributed by atoms with Gasteiger partial charge in [0.1, 0.15) is 6.54 Å². The standard InChI is InChI=1S/C17H23F3N4O4S/c1-22(2)11-15(25)23-7-9-24(10-8-23)29(27,28)14-5-3-13(4-6-14)16(26)21-12-17(18,19)20/h3-6H,7-12H2,1-2H3,(H,21,26). The second-order valence-corrected chi connectivity index (χ2v) is 8.78. The number of nitrogens with one attached hydrogen (secondary N) is 1. The van der Waals surface area contributed by atoms with Crippen LogP contribution in [-0.4, -0.2) is 93.9 Å². The van der Waals surface area contributed by atoms with Gasteiger partial charge in [-0.25, -0.2) is 8.42 Å². The highest BCUT2D eigenvalue weighted by Crippen LogP contribution is 2.19. The third-order valence-corrected chi connectivity index (χ3v) is 6.16. The molecule has 1 N–H and O–H groups in total. The summed E-state index contributed by atoms with van der Waals surface area (Å²) in [7, 11) is -0.300. The summed E-state index contributed by atoms with van der Waals surface area (Å²) >= 11 is 0. The number of piperazine rings is 1. The van der Waals surface area contributed by atoms with E-state index in [0.717, 1.165) is 12.1 Å². The van der Waals surface area contributed by atoms with Gasteiger partial charge in [0.05, 0.1) is 11.4 Å². The second-order valence-electron chi connectivity index (χ2n) is 6.84. The van der Waals surface area contributed by atoms with Crippen molar-refractivity contribution >= 4 is 21.8 Å². The van der Waals surface area contributed by atoms with Crippen LogP contribution in [0, 0.1) is 0 Å². The highest BCUT2D eigenvalue weighted by Gasteiger charge is 2.31. The fourth-order valence-corrected chi connectivity index (χ4v) is 4.18. The lowest BCUT2D eigenvalue weighted by molar-refractivity contribution is -0.133. The van der Waals surface area contributed by atoms with Crippen LogP contribution < -0.4 is 5.32 Å². The maximum absolute atomic E-state index is 12.7. The molecule has 162 valence electrons. The quantitative estimate of drug-likeness (QED) is 0.696. The topological polar surface area (TPSA) is 90.0 Å². The summed E-state index contributed by atoms with van der Waals surface area (Å²) in [6, 6.07) is 4.69. The molecule has 1 aliphatic heterocycles. The number of carbonyl (C=O) groups excluding carboxylic acids is 2. The first-order valence-corrected chi connectivity index (χ1v) is 10.2. The zero-order chi connectivity index (χ0) is 21.8. The van der Waals surface area contributed by atoms with Crippen LogP contribution >= 0.6 is 0 Å². The number of alkyl halides is 3. The van der Waals surface area contributed by atoms with Crippen molar-refractivity contribution in [2.45, 2.75) is 11.1 Å². The third-order valence-electron chi connectivity index (χ3n) is 4.25. The van der Waals surface area contributed by atoms with Crippen LogP contribution in [0.5, 0.6) is 0 Å². The molecule has 1 fully saturated rings. The van der Waals surface area contributed by atoms with Crippen LogP contribution in [0.15, 0.2) is 29.2 Å². The lowest BCUT2D eigenvalue weighted by atomic mass is 10.2. The normalized spacial score (nSPS) is 16.1. The van der Waals surface area contributed by atoms with Gasteiger partial charge in [0.15, 0.2) is 0 Å². The molecule has 0 saturated carbocycles. The van der Waals surface area contributed by atoms with Crippen molar-refractivity contribution in [1.82, 2.24) is 19.4 Å². The molecular formula is C17H23F3N4O4S. The molecule has 29 heavy (non-hydrogen) atoms. The van der Waals surface area contributed by atoms with Crippen LogP contribution in [-0.2, 0) is 14.8 Å². The molecule has 0 aliphatic carbocycles. The summed E-state index contributed by atoms with van der Waals surface area (Å²) < 4.78 is 63.2. The molecule has 0 atom stereocenters. The second kappa shape index (κ2) is 9.09. The molecule has 0 unspecified atom stereocenters. The summed E-state index contributed by atoms with van der Waals surface area (Å²) in [6.45, 7) is -0.425. The molecule has 1 saturated heterocycles. The minimum absolute atomic E-state index is 0.0714. The van der Waals surface area contributed by atoms with Gasteiger partial charge < -0.3 is 15.1 Å². The Labute approximate surface area is 167 Å². The molecule has 1 aromatic carbocycles. The average Bonchev–Trinajstić information content (AvgIpc) is 2.65. The van der Waals surface area contributed by atoms with E-state index in [0.29, 0.717) is 0 Å². The number of sulfonamides is 1. The lowest BCUT2D eigenvalue weighted by Gasteiger charge is -2.34. The first kappa shape index (κ1) is 23.1. The summed E-state index contributed by atoms with van der Waals surface area (Å²) in [5.41, 5.74) is -0.0766. The van der Waals surface area contributed by atoms with Gasteiger partial charge in [0.25, 0.3) is 5.91 Å². The predicted molar refractivity (Wildman–Crippen MR) is 98.7 cm³/mol. The van der Waals surface area contributed by atoms with Crippen LogP contribution in [0.2, 0.25) is 0 Å². The fourth-order valence-electron chi connectivity index (χ4n) is 2.76. The molecule has 2 amide bonds. The molecule has 0 aromatic heterocycles. The first-order valence-electron chi connectivity index (χ1n) is 8.78.